The molecule has 1 aliphatic heterocycles. The van der Waals surface area contributed by atoms with Crippen molar-refractivity contribution in [2.24, 2.45) is 0 Å². The number of anilines is 1. The highest BCUT2D eigenvalue weighted by Crippen LogP contribution is 2.26. The van der Waals surface area contributed by atoms with E-state index in [1.54, 1.807) is 24.3 Å². The monoisotopic (exact) mass is 226 g/mol. The van der Waals surface area contributed by atoms with Crippen LogP contribution in [-0.4, -0.2) is 42.5 Å². The van der Waals surface area contributed by atoms with Gasteiger partial charge in [-0.1, -0.05) is 0 Å². The van der Waals surface area contributed by atoms with E-state index in [4.69, 9.17) is 4.74 Å². The molecule has 0 bridgehead atoms. The Kier molecular flexibility index (Phi) is 3.36. The molecule has 1 saturated heterocycles. The average molecular weight is 226 g/mol. The number of pyridine rings is 1. The molecule has 0 aromatic carbocycles. The Morgan fingerprint density at radius 3 is 3.12 bits per heavy atom. The zero-order valence-electron chi connectivity index (χ0n) is 9.14. The van der Waals surface area contributed by atoms with Crippen molar-refractivity contribution in [3.63, 3.8) is 0 Å². The van der Waals surface area contributed by atoms with E-state index in [1.807, 2.05) is 0 Å². The normalized spacial score (nSPS) is 25.1. The fourth-order valence-corrected chi connectivity index (χ4v) is 2.07. The first kappa shape index (κ1) is 11.3. The van der Waals surface area contributed by atoms with Gasteiger partial charge in [-0.3, -0.25) is 0 Å². The van der Waals surface area contributed by atoms with Crippen molar-refractivity contribution in [3.05, 3.63) is 24.1 Å². The molecule has 2 heterocycles. The third kappa shape index (κ3) is 2.01. The maximum atomic E-state index is 13.6. The van der Waals surface area contributed by atoms with Crippen LogP contribution in [0, 0.1) is 5.82 Å². The molecule has 2 rings (SSSR count). The smallest absolute Gasteiger partial charge is 0.165 e. The number of nitrogens with zero attached hydrogens (tertiary/aromatic N) is 2. The van der Waals surface area contributed by atoms with Crippen LogP contribution in [0.15, 0.2) is 18.3 Å². The summed E-state index contributed by atoms with van der Waals surface area (Å²) in [5, 5.41) is 9.25. The van der Waals surface area contributed by atoms with E-state index in [-0.39, 0.29) is 24.6 Å². The van der Waals surface area contributed by atoms with Gasteiger partial charge in [-0.25, -0.2) is 9.37 Å². The standard InChI is InChI=1S/C11H15FN2O2/c1-16-9-5-8(7-15)14(6-9)11-10(12)3-2-4-13-11/h2-4,8-9,15H,5-7H2,1H3/t8-,9-/m0/s1. The lowest BCUT2D eigenvalue weighted by Gasteiger charge is -2.23. The summed E-state index contributed by atoms with van der Waals surface area (Å²) >= 11 is 0. The fraction of sp³-hybridized carbons (Fsp3) is 0.545. The van der Waals surface area contributed by atoms with Gasteiger partial charge in [-0.05, 0) is 18.6 Å². The zero-order chi connectivity index (χ0) is 11.5. The Hall–Kier alpha value is -1.20. The molecule has 4 nitrogen and oxygen atoms in total. The molecule has 0 unspecified atom stereocenters. The first-order valence-corrected chi connectivity index (χ1v) is 5.27. The van der Waals surface area contributed by atoms with E-state index in [0.29, 0.717) is 18.8 Å². The second-order valence-corrected chi connectivity index (χ2v) is 3.89. The van der Waals surface area contributed by atoms with Crippen molar-refractivity contribution in [1.82, 2.24) is 4.98 Å². The lowest BCUT2D eigenvalue weighted by atomic mass is 10.2. The summed E-state index contributed by atoms with van der Waals surface area (Å²) in [5.74, 6) is -0.0706. The highest BCUT2D eigenvalue weighted by molar-refractivity contribution is 5.42. The summed E-state index contributed by atoms with van der Waals surface area (Å²) in [4.78, 5) is 5.78. The summed E-state index contributed by atoms with van der Waals surface area (Å²) in [5.41, 5.74) is 0. The fourth-order valence-electron chi connectivity index (χ4n) is 2.07. The number of hydrogen-bond acceptors (Lipinski definition) is 4. The molecule has 0 saturated carbocycles. The molecule has 2 atom stereocenters. The lowest BCUT2D eigenvalue weighted by Crippen LogP contribution is -2.33. The Balaban J connectivity index is 2.23. The number of ether oxygens (including phenoxy) is 1. The third-order valence-electron chi connectivity index (χ3n) is 2.93. The molecule has 16 heavy (non-hydrogen) atoms. The number of aliphatic hydroxyl groups is 1. The van der Waals surface area contributed by atoms with Crippen molar-refractivity contribution < 1.29 is 14.2 Å². The molecule has 1 aromatic heterocycles. The molecule has 0 amide bonds. The number of hydrogen-bond donors (Lipinski definition) is 1. The van der Waals surface area contributed by atoms with Gasteiger partial charge in [0, 0.05) is 19.9 Å². The van der Waals surface area contributed by atoms with E-state index < -0.39 is 0 Å². The average Bonchev–Trinajstić information content (AvgIpc) is 2.72. The van der Waals surface area contributed by atoms with Crippen LogP contribution in [0.5, 0.6) is 0 Å². The van der Waals surface area contributed by atoms with Crippen LogP contribution < -0.4 is 4.90 Å². The highest BCUT2D eigenvalue weighted by atomic mass is 19.1. The third-order valence-corrected chi connectivity index (χ3v) is 2.93. The van der Waals surface area contributed by atoms with Gasteiger partial charge in [-0.2, -0.15) is 0 Å². The van der Waals surface area contributed by atoms with Crippen molar-refractivity contribution >= 4 is 5.82 Å². The predicted octanol–water partition coefficient (Wildman–Crippen LogP) is 0.807. The maximum Gasteiger partial charge on any atom is 0.165 e. The topological polar surface area (TPSA) is 45.6 Å². The number of aromatic nitrogens is 1. The number of methoxy groups -OCH3 is 1. The molecule has 0 aliphatic carbocycles. The highest BCUT2D eigenvalue weighted by Gasteiger charge is 2.33. The van der Waals surface area contributed by atoms with Gasteiger partial charge in [0.05, 0.1) is 18.8 Å². The second kappa shape index (κ2) is 4.76. The van der Waals surface area contributed by atoms with E-state index in [1.165, 1.54) is 6.07 Å². The summed E-state index contributed by atoms with van der Waals surface area (Å²) in [6.45, 7) is 0.547. The lowest BCUT2D eigenvalue weighted by molar-refractivity contribution is 0.115. The number of halogens is 1. The summed E-state index contributed by atoms with van der Waals surface area (Å²) < 4.78 is 18.8. The number of rotatable bonds is 3. The Bertz CT molecular complexity index is 362. The molecule has 1 aromatic rings. The van der Waals surface area contributed by atoms with Crippen LogP contribution >= 0.6 is 0 Å². The minimum atomic E-state index is -0.363. The van der Waals surface area contributed by atoms with Crippen molar-refractivity contribution in [2.75, 3.05) is 25.2 Å². The quantitative estimate of drug-likeness (QED) is 0.828. The largest absolute Gasteiger partial charge is 0.394 e. The van der Waals surface area contributed by atoms with Gasteiger partial charge in [0.25, 0.3) is 0 Å². The van der Waals surface area contributed by atoms with Gasteiger partial charge in [0.2, 0.25) is 0 Å². The summed E-state index contributed by atoms with van der Waals surface area (Å²) in [6.07, 6.45) is 2.27. The number of aliphatic hydroxyl groups excluding tert-OH is 1. The van der Waals surface area contributed by atoms with Gasteiger partial charge >= 0.3 is 0 Å². The Morgan fingerprint density at radius 2 is 2.50 bits per heavy atom. The Morgan fingerprint density at radius 1 is 1.69 bits per heavy atom. The van der Waals surface area contributed by atoms with Crippen LogP contribution in [0.4, 0.5) is 10.2 Å². The van der Waals surface area contributed by atoms with Crippen LogP contribution in [0.2, 0.25) is 0 Å². The van der Waals surface area contributed by atoms with Crippen molar-refractivity contribution in [2.45, 2.75) is 18.6 Å². The minimum absolute atomic E-state index is 0.0180. The maximum absolute atomic E-state index is 13.6. The van der Waals surface area contributed by atoms with Crippen molar-refractivity contribution in [3.8, 4) is 0 Å². The summed E-state index contributed by atoms with van der Waals surface area (Å²) in [6, 6.07) is 2.81. The van der Waals surface area contributed by atoms with Crippen LogP contribution in [0.3, 0.4) is 0 Å². The first-order chi connectivity index (χ1) is 7.76. The molecule has 1 fully saturated rings. The first-order valence-electron chi connectivity index (χ1n) is 5.27. The van der Waals surface area contributed by atoms with Gasteiger partial charge < -0.3 is 14.7 Å². The van der Waals surface area contributed by atoms with Crippen LogP contribution in [-0.2, 0) is 4.74 Å². The SMILES string of the molecule is CO[C@H]1C[C@@H](CO)N(c2ncccc2F)C1. The minimum Gasteiger partial charge on any atom is -0.394 e. The zero-order valence-corrected chi connectivity index (χ0v) is 9.14. The summed E-state index contributed by atoms with van der Waals surface area (Å²) in [7, 11) is 1.62. The molecular weight excluding hydrogens is 211 g/mol. The molecule has 5 heteroatoms. The molecule has 1 aliphatic rings. The Labute approximate surface area is 93.7 Å². The molecule has 1 N–H and O–H groups in total. The van der Waals surface area contributed by atoms with Gasteiger partial charge in [0.15, 0.2) is 11.6 Å². The van der Waals surface area contributed by atoms with Crippen LogP contribution in [0.1, 0.15) is 6.42 Å². The molecule has 0 radical (unpaired) electrons. The van der Waals surface area contributed by atoms with Gasteiger partial charge in [-0.15, -0.1) is 0 Å². The van der Waals surface area contributed by atoms with E-state index in [0.717, 1.165) is 0 Å². The van der Waals surface area contributed by atoms with Gasteiger partial charge in [0.1, 0.15) is 0 Å². The van der Waals surface area contributed by atoms with E-state index >= 15 is 0 Å². The second-order valence-electron chi connectivity index (χ2n) is 3.89. The van der Waals surface area contributed by atoms with E-state index in [2.05, 4.69) is 4.98 Å². The van der Waals surface area contributed by atoms with E-state index in [9.17, 15) is 9.50 Å². The van der Waals surface area contributed by atoms with Crippen LogP contribution in [0.25, 0.3) is 0 Å². The molecular formula is C11H15FN2O2. The molecule has 0 spiro atoms. The van der Waals surface area contributed by atoms with Crippen molar-refractivity contribution in [1.29, 1.82) is 0 Å². The predicted molar refractivity (Wildman–Crippen MR) is 57.8 cm³/mol. The molecule has 88 valence electrons.